The molecule has 35 heavy (non-hydrogen) atoms. The van der Waals surface area contributed by atoms with Crippen LogP contribution in [0.15, 0.2) is 82.8 Å². The van der Waals surface area contributed by atoms with Crippen molar-refractivity contribution >= 4 is 22.1 Å². The number of rotatable bonds is 11. The highest BCUT2D eigenvalue weighted by Crippen LogP contribution is 2.31. The highest BCUT2D eigenvalue weighted by molar-refractivity contribution is 7.89. The van der Waals surface area contributed by atoms with Gasteiger partial charge in [0, 0.05) is 12.6 Å². The Balaban J connectivity index is 1.85. The molecule has 1 amide bonds. The van der Waals surface area contributed by atoms with Gasteiger partial charge in [-0.05, 0) is 35.4 Å². The number of hydrazone groups is 1. The molecular weight excluding hydrogens is 470 g/mol. The lowest BCUT2D eigenvalue weighted by Crippen LogP contribution is -2.39. The SMILES string of the molecule is COc1cccc(C=NNC(=O)CN(Cc2ccccc2)S(=O)(=O)c2cc(OC)ccc2OC)c1. The molecule has 10 heteroatoms. The van der Waals surface area contributed by atoms with E-state index in [-0.39, 0.29) is 17.2 Å². The Hall–Kier alpha value is -3.89. The molecule has 0 aliphatic rings. The number of carbonyl (C=O) groups excluding carboxylic acids is 1. The lowest BCUT2D eigenvalue weighted by Gasteiger charge is -2.23. The Morgan fingerprint density at radius 3 is 2.31 bits per heavy atom. The second-order valence-corrected chi connectivity index (χ2v) is 9.25. The van der Waals surface area contributed by atoms with Crippen LogP contribution in [0.25, 0.3) is 0 Å². The quantitative estimate of drug-likeness (QED) is 0.322. The van der Waals surface area contributed by atoms with E-state index in [9.17, 15) is 13.2 Å². The number of nitrogens with zero attached hydrogens (tertiary/aromatic N) is 2. The maximum absolute atomic E-state index is 13.6. The number of nitrogens with one attached hydrogen (secondary N) is 1. The van der Waals surface area contributed by atoms with Crippen molar-refractivity contribution in [3.05, 3.63) is 83.9 Å². The van der Waals surface area contributed by atoms with Gasteiger partial charge in [0.05, 0.1) is 34.1 Å². The van der Waals surface area contributed by atoms with Crippen molar-refractivity contribution in [1.82, 2.24) is 9.73 Å². The highest BCUT2D eigenvalue weighted by atomic mass is 32.2. The van der Waals surface area contributed by atoms with E-state index in [0.717, 1.165) is 4.31 Å². The third-order valence-electron chi connectivity index (χ3n) is 5.01. The molecule has 0 bridgehead atoms. The van der Waals surface area contributed by atoms with E-state index >= 15 is 0 Å². The van der Waals surface area contributed by atoms with Crippen molar-refractivity contribution in [3.8, 4) is 17.2 Å². The molecule has 1 N–H and O–H groups in total. The molecule has 0 aromatic heterocycles. The molecular formula is C25H27N3O6S. The van der Waals surface area contributed by atoms with Crippen molar-refractivity contribution in [1.29, 1.82) is 0 Å². The minimum atomic E-state index is -4.16. The molecule has 3 aromatic rings. The van der Waals surface area contributed by atoms with Gasteiger partial charge in [-0.15, -0.1) is 0 Å². The fourth-order valence-electron chi connectivity index (χ4n) is 3.23. The van der Waals surface area contributed by atoms with Crippen LogP contribution >= 0.6 is 0 Å². The summed E-state index contributed by atoms with van der Waals surface area (Å²) in [6.07, 6.45) is 1.45. The maximum atomic E-state index is 13.6. The molecule has 184 valence electrons. The molecule has 0 heterocycles. The minimum Gasteiger partial charge on any atom is -0.497 e. The average Bonchev–Trinajstić information content (AvgIpc) is 2.88. The number of amides is 1. The van der Waals surface area contributed by atoms with E-state index in [4.69, 9.17) is 14.2 Å². The van der Waals surface area contributed by atoms with E-state index in [1.807, 2.05) is 6.07 Å². The van der Waals surface area contributed by atoms with Gasteiger partial charge < -0.3 is 14.2 Å². The van der Waals surface area contributed by atoms with Gasteiger partial charge in [0.15, 0.2) is 0 Å². The highest BCUT2D eigenvalue weighted by Gasteiger charge is 2.30. The molecule has 9 nitrogen and oxygen atoms in total. The smallest absolute Gasteiger partial charge is 0.255 e. The van der Waals surface area contributed by atoms with Gasteiger partial charge in [-0.25, -0.2) is 13.8 Å². The standard InChI is InChI=1S/C25H27N3O6S/c1-32-21-11-7-10-20(14-21)16-26-27-25(29)18-28(17-19-8-5-4-6-9-19)35(30,31)24-15-22(33-2)12-13-23(24)34-3/h4-16H,17-18H2,1-3H3,(H,27,29). The summed E-state index contributed by atoms with van der Waals surface area (Å²) in [5.74, 6) is 0.523. The summed E-state index contributed by atoms with van der Waals surface area (Å²) < 4.78 is 44.0. The van der Waals surface area contributed by atoms with Crippen LogP contribution in [0.1, 0.15) is 11.1 Å². The van der Waals surface area contributed by atoms with Crippen LogP contribution in [-0.4, -0.2) is 52.7 Å². The van der Waals surface area contributed by atoms with E-state index in [2.05, 4.69) is 10.5 Å². The summed E-state index contributed by atoms with van der Waals surface area (Å²) >= 11 is 0. The predicted molar refractivity (Wildman–Crippen MR) is 132 cm³/mol. The number of ether oxygens (including phenoxy) is 3. The topological polar surface area (TPSA) is 107 Å². The number of methoxy groups -OCH3 is 3. The van der Waals surface area contributed by atoms with Gasteiger partial charge >= 0.3 is 0 Å². The Morgan fingerprint density at radius 2 is 1.63 bits per heavy atom. The zero-order chi connectivity index (χ0) is 25.3. The first-order chi connectivity index (χ1) is 16.9. The molecule has 0 radical (unpaired) electrons. The molecule has 0 aliphatic heterocycles. The van der Waals surface area contributed by atoms with Crippen LogP contribution in [0.5, 0.6) is 17.2 Å². The molecule has 0 atom stereocenters. The van der Waals surface area contributed by atoms with Crippen LogP contribution in [-0.2, 0) is 21.4 Å². The second-order valence-electron chi connectivity index (χ2n) is 7.35. The first kappa shape index (κ1) is 25.7. The van der Waals surface area contributed by atoms with Gasteiger partial charge in [-0.3, -0.25) is 4.79 Å². The Bertz CT molecular complexity index is 1280. The zero-order valence-corrected chi connectivity index (χ0v) is 20.5. The fraction of sp³-hybridized carbons (Fsp3) is 0.200. The lowest BCUT2D eigenvalue weighted by atomic mass is 10.2. The van der Waals surface area contributed by atoms with Gasteiger partial charge in [0.25, 0.3) is 5.91 Å². The van der Waals surface area contributed by atoms with Gasteiger partial charge in [0.1, 0.15) is 22.1 Å². The van der Waals surface area contributed by atoms with Crippen molar-refractivity contribution in [3.63, 3.8) is 0 Å². The minimum absolute atomic E-state index is 0.0312. The average molecular weight is 498 g/mol. The molecule has 0 saturated carbocycles. The monoisotopic (exact) mass is 497 g/mol. The molecule has 3 rings (SSSR count). The maximum Gasteiger partial charge on any atom is 0.255 e. The van der Waals surface area contributed by atoms with E-state index in [1.54, 1.807) is 61.7 Å². The summed E-state index contributed by atoms with van der Waals surface area (Å²) in [5.41, 5.74) is 3.81. The van der Waals surface area contributed by atoms with E-state index in [0.29, 0.717) is 22.6 Å². The normalized spacial score (nSPS) is 11.4. The third-order valence-corrected chi connectivity index (χ3v) is 6.82. The summed E-state index contributed by atoms with van der Waals surface area (Å²) in [7, 11) is 0.211. The van der Waals surface area contributed by atoms with Crippen molar-refractivity contribution < 1.29 is 27.4 Å². The van der Waals surface area contributed by atoms with Gasteiger partial charge in [-0.2, -0.15) is 9.41 Å². The molecule has 0 unspecified atom stereocenters. The van der Waals surface area contributed by atoms with Crippen LogP contribution in [0, 0.1) is 0 Å². The van der Waals surface area contributed by atoms with Crippen LogP contribution < -0.4 is 19.6 Å². The Labute approximate surface area is 205 Å². The summed E-state index contributed by atoms with van der Waals surface area (Å²) in [6.45, 7) is -0.496. The second kappa shape index (κ2) is 12.0. The number of benzene rings is 3. The van der Waals surface area contributed by atoms with E-state index < -0.39 is 22.5 Å². The molecule has 0 saturated heterocycles. The Morgan fingerprint density at radius 1 is 0.914 bits per heavy atom. The third kappa shape index (κ3) is 6.81. The number of sulfonamides is 1. The summed E-state index contributed by atoms with van der Waals surface area (Å²) in [6, 6.07) is 20.6. The van der Waals surface area contributed by atoms with Crippen molar-refractivity contribution in [2.45, 2.75) is 11.4 Å². The zero-order valence-electron chi connectivity index (χ0n) is 19.7. The summed E-state index contributed by atoms with van der Waals surface area (Å²) in [5, 5.41) is 3.95. The Kier molecular flexibility index (Phi) is 8.82. The van der Waals surface area contributed by atoms with Gasteiger partial charge in [-0.1, -0.05) is 42.5 Å². The molecule has 3 aromatic carbocycles. The lowest BCUT2D eigenvalue weighted by molar-refractivity contribution is -0.121. The van der Waals surface area contributed by atoms with E-state index in [1.165, 1.54) is 32.6 Å². The number of hydrogen-bond donors (Lipinski definition) is 1. The van der Waals surface area contributed by atoms with Crippen LogP contribution in [0.4, 0.5) is 0 Å². The molecule has 0 fully saturated rings. The first-order valence-corrected chi connectivity index (χ1v) is 12.0. The number of carbonyl (C=O) groups is 1. The predicted octanol–water partition coefficient (Wildman–Crippen LogP) is 3.05. The van der Waals surface area contributed by atoms with Crippen LogP contribution in [0.3, 0.4) is 0 Å². The fourth-order valence-corrected chi connectivity index (χ4v) is 4.79. The molecule has 0 aliphatic carbocycles. The van der Waals surface area contributed by atoms with Gasteiger partial charge in [0.2, 0.25) is 10.0 Å². The largest absolute Gasteiger partial charge is 0.497 e. The first-order valence-electron chi connectivity index (χ1n) is 10.6. The van der Waals surface area contributed by atoms with Crippen molar-refractivity contribution in [2.75, 3.05) is 27.9 Å². The number of hydrogen-bond acceptors (Lipinski definition) is 7. The molecule has 0 spiro atoms. The van der Waals surface area contributed by atoms with Crippen molar-refractivity contribution in [2.24, 2.45) is 5.10 Å². The summed E-state index contributed by atoms with van der Waals surface area (Å²) in [4.78, 5) is 12.6. The van der Waals surface area contributed by atoms with Crippen LogP contribution in [0.2, 0.25) is 0 Å².